The summed E-state index contributed by atoms with van der Waals surface area (Å²) in [5.74, 6) is 0.201. The largest absolute Gasteiger partial charge is 0.462 e. The molecule has 0 radical (unpaired) electrons. The van der Waals surface area contributed by atoms with Crippen LogP contribution in [0, 0.1) is 11.8 Å². The van der Waals surface area contributed by atoms with Gasteiger partial charge in [-0.05, 0) is 25.7 Å². The van der Waals surface area contributed by atoms with Gasteiger partial charge in [0.2, 0.25) is 0 Å². The lowest BCUT2D eigenvalue weighted by Gasteiger charge is -2.18. The average Bonchev–Trinajstić information content (AvgIpc) is 2.13. The van der Waals surface area contributed by atoms with Crippen molar-refractivity contribution >= 4 is 5.97 Å². The van der Waals surface area contributed by atoms with Crippen molar-refractivity contribution in [1.82, 2.24) is 0 Å². The molecule has 0 fully saturated rings. The number of carbonyl (C=O) groups excluding carboxylic acids is 1. The van der Waals surface area contributed by atoms with Crippen LogP contribution in [0.5, 0.6) is 0 Å². The van der Waals surface area contributed by atoms with Crippen molar-refractivity contribution in [2.45, 2.75) is 46.6 Å². The molecule has 0 aromatic heterocycles. The molecule has 0 spiro atoms. The van der Waals surface area contributed by atoms with Crippen LogP contribution in [0.1, 0.15) is 40.5 Å². The Labute approximate surface area is 87.0 Å². The highest BCUT2D eigenvalue weighted by Gasteiger charge is 2.20. The van der Waals surface area contributed by atoms with Crippen molar-refractivity contribution in [3.63, 3.8) is 0 Å². The van der Waals surface area contributed by atoms with Crippen molar-refractivity contribution in [1.29, 1.82) is 0 Å². The van der Waals surface area contributed by atoms with Gasteiger partial charge in [-0.3, -0.25) is 4.79 Å². The first-order valence-corrected chi connectivity index (χ1v) is 5.41. The second-order valence-electron chi connectivity index (χ2n) is 4.22. The van der Waals surface area contributed by atoms with Crippen LogP contribution >= 0.6 is 0 Å². The molecular formula is C11H23NO2. The maximum absolute atomic E-state index is 11.6. The zero-order chi connectivity index (χ0) is 11.1. The molecule has 0 aromatic rings. The van der Waals surface area contributed by atoms with Gasteiger partial charge in [-0.25, -0.2) is 0 Å². The first kappa shape index (κ1) is 13.4. The number of hydrogen-bond acceptors (Lipinski definition) is 3. The lowest BCUT2D eigenvalue weighted by Crippen LogP contribution is -2.29. The Morgan fingerprint density at radius 2 is 1.93 bits per heavy atom. The van der Waals surface area contributed by atoms with Crippen LogP contribution in [-0.2, 0) is 9.53 Å². The topological polar surface area (TPSA) is 52.3 Å². The maximum Gasteiger partial charge on any atom is 0.310 e. The number of rotatable bonds is 6. The van der Waals surface area contributed by atoms with E-state index in [9.17, 15) is 4.79 Å². The van der Waals surface area contributed by atoms with Crippen molar-refractivity contribution in [2.24, 2.45) is 17.6 Å². The van der Waals surface area contributed by atoms with E-state index in [0.29, 0.717) is 12.5 Å². The predicted octanol–water partition coefficient (Wildman–Crippen LogP) is 1.95. The second-order valence-corrected chi connectivity index (χ2v) is 4.22. The molecule has 3 heteroatoms. The first-order valence-electron chi connectivity index (χ1n) is 5.41. The van der Waals surface area contributed by atoms with E-state index in [1.807, 2.05) is 13.8 Å². The Hall–Kier alpha value is -0.570. The van der Waals surface area contributed by atoms with Crippen LogP contribution in [0.3, 0.4) is 0 Å². The lowest BCUT2D eigenvalue weighted by atomic mass is 9.97. The van der Waals surface area contributed by atoms with Gasteiger partial charge < -0.3 is 10.5 Å². The van der Waals surface area contributed by atoms with Crippen LogP contribution in [0.4, 0.5) is 0 Å². The quantitative estimate of drug-likeness (QED) is 0.668. The normalized spacial score (nSPS) is 15.3. The third-order valence-corrected chi connectivity index (χ3v) is 2.27. The Balaban J connectivity index is 4.04. The molecule has 84 valence electrons. The molecular weight excluding hydrogens is 178 g/mol. The number of esters is 1. The Morgan fingerprint density at radius 3 is 2.29 bits per heavy atom. The predicted molar refractivity (Wildman–Crippen MR) is 57.8 cm³/mol. The molecule has 2 atom stereocenters. The highest BCUT2D eigenvalue weighted by molar-refractivity contribution is 5.72. The van der Waals surface area contributed by atoms with Crippen molar-refractivity contribution in [3.8, 4) is 0 Å². The number of ether oxygens (including phenoxy) is 1. The molecule has 3 nitrogen and oxygen atoms in total. The molecule has 0 rings (SSSR count). The highest BCUT2D eigenvalue weighted by Crippen LogP contribution is 2.13. The minimum absolute atomic E-state index is 0.00344. The van der Waals surface area contributed by atoms with E-state index in [-0.39, 0.29) is 18.0 Å². The van der Waals surface area contributed by atoms with Crippen molar-refractivity contribution in [3.05, 3.63) is 0 Å². The lowest BCUT2D eigenvalue weighted by molar-refractivity contribution is -0.153. The summed E-state index contributed by atoms with van der Waals surface area (Å²) in [6.45, 7) is 8.45. The molecule has 2 N–H and O–H groups in total. The fourth-order valence-corrected chi connectivity index (χ4v) is 1.24. The third-order valence-electron chi connectivity index (χ3n) is 2.27. The van der Waals surface area contributed by atoms with Gasteiger partial charge in [0, 0.05) is 6.54 Å². The minimum Gasteiger partial charge on any atom is -0.462 e. The second kappa shape index (κ2) is 6.82. The summed E-state index contributed by atoms with van der Waals surface area (Å²) in [7, 11) is 0. The fraction of sp³-hybridized carbons (Fsp3) is 0.909. The van der Waals surface area contributed by atoms with E-state index >= 15 is 0 Å². The van der Waals surface area contributed by atoms with Crippen molar-refractivity contribution < 1.29 is 9.53 Å². The minimum atomic E-state index is -0.143. The van der Waals surface area contributed by atoms with Gasteiger partial charge in [-0.15, -0.1) is 0 Å². The third kappa shape index (κ3) is 5.22. The van der Waals surface area contributed by atoms with Crippen LogP contribution in [-0.4, -0.2) is 18.6 Å². The van der Waals surface area contributed by atoms with E-state index in [1.54, 1.807) is 0 Å². The zero-order valence-corrected chi connectivity index (χ0v) is 9.75. The van der Waals surface area contributed by atoms with E-state index in [2.05, 4.69) is 13.8 Å². The summed E-state index contributed by atoms with van der Waals surface area (Å²) in [4.78, 5) is 11.6. The molecule has 0 aliphatic carbocycles. The van der Waals surface area contributed by atoms with Gasteiger partial charge in [-0.2, -0.15) is 0 Å². The highest BCUT2D eigenvalue weighted by atomic mass is 16.5. The molecule has 14 heavy (non-hydrogen) atoms. The molecule has 0 aliphatic rings. The summed E-state index contributed by atoms with van der Waals surface area (Å²) < 4.78 is 5.23. The number of hydrogen-bond donors (Lipinski definition) is 1. The Bertz CT molecular complexity index is 169. The Morgan fingerprint density at radius 1 is 1.36 bits per heavy atom. The molecule has 0 aromatic carbocycles. The molecule has 0 saturated carbocycles. The van der Waals surface area contributed by atoms with Gasteiger partial charge >= 0.3 is 5.97 Å². The van der Waals surface area contributed by atoms with Gasteiger partial charge in [0.25, 0.3) is 0 Å². The van der Waals surface area contributed by atoms with Crippen molar-refractivity contribution in [2.75, 3.05) is 6.54 Å². The molecule has 0 saturated heterocycles. The fourth-order valence-electron chi connectivity index (χ4n) is 1.24. The van der Waals surface area contributed by atoms with Gasteiger partial charge in [0.05, 0.1) is 12.0 Å². The van der Waals surface area contributed by atoms with E-state index in [0.717, 1.165) is 12.8 Å². The van der Waals surface area contributed by atoms with Crippen LogP contribution < -0.4 is 5.73 Å². The summed E-state index contributed by atoms with van der Waals surface area (Å²) in [5, 5.41) is 0. The Kier molecular flexibility index (Phi) is 6.54. The average molecular weight is 201 g/mol. The monoisotopic (exact) mass is 201 g/mol. The van der Waals surface area contributed by atoms with Crippen LogP contribution in [0.15, 0.2) is 0 Å². The summed E-state index contributed by atoms with van der Waals surface area (Å²) in [6, 6.07) is 0. The molecule has 0 amide bonds. The molecule has 0 heterocycles. The standard InChI is InChI=1S/C11H23NO2/c1-5-9(4)14-11(13)10(7-12)6-8(2)3/h8-10H,5-7,12H2,1-4H3. The summed E-state index contributed by atoms with van der Waals surface area (Å²) >= 11 is 0. The van der Waals surface area contributed by atoms with Crippen LogP contribution in [0.2, 0.25) is 0 Å². The van der Waals surface area contributed by atoms with E-state index in [1.165, 1.54) is 0 Å². The van der Waals surface area contributed by atoms with Gasteiger partial charge in [-0.1, -0.05) is 20.8 Å². The smallest absolute Gasteiger partial charge is 0.310 e. The molecule has 2 unspecified atom stereocenters. The van der Waals surface area contributed by atoms with Crippen LogP contribution in [0.25, 0.3) is 0 Å². The SMILES string of the molecule is CCC(C)OC(=O)C(CN)CC(C)C. The van der Waals surface area contributed by atoms with E-state index in [4.69, 9.17) is 10.5 Å². The molecule has 0 aliphatic heterocycles. The number of nitrogens with two attached hydrogens (primary N) is 1. The summed E-state index contributed by atoms with van der Waals surface area (Å²) in [6.07, 6.45) is 1.67. The van der Waals surface area contributed by atoms with Gasteiger partial charge in [0.1, 0.15) is 0 Å². The van der Waals surface area contributed by atoms with Gasteiger partial charge in [0.15, 0.2) is 0 Å². The first-order chi connectivity index (χ1) is 6.51. The number of carbonyl (C=O) groups is 1. The molecule has 0 bridgehead atoms. The van der Waals surface area contributed by atoms with E-state index < -0.39 is 0 Å². The summed E-state index contributed by atoms with van der Waals surface area (Å²) in [5.41, 5.74) is 5.54. The maximum atomic E-state index is 11.6. The zero-order valence-electron chi connectivity index (χ0n) is 9.75.